The third kappa shape index (κ3) is 3.39. The Bertz CT molecular complexity index is 639. The van der Waals surface area contributed by atoms with Gasteiger partial charge in [-0.1, -0.05) is 35.7 Å². The zero-order chi connectivity index (χ0) is 14.4. The second-order valence-electron chi connectivity index (χ2n) is 4.31. The van der Waals surface area contributed by atoms with E-state index in [1.54, 1.807) is 24.3 Å². The van der Waals surface area contributed by atoms with E-state index in [0.717, 1.165) is 11.3 Å². The number of anilines is 1. The SMILES string of the molecule is C#CCOc1ccccc1C(=O)Nc1ccc(C)cc1. The molecule has 0 bridgehead atoms. The minimum atomic E-state index is -0.221. The van der Waals surface area contributed by atoms with E-state index in [0.29, 0.717) is 11.3 Å². The van der Waals surface area contributed by atoms with E-state index in [2.05, 4.69) is 11.2 Å². The van der Waals surface area contributed by atoms with Crippen LogP contribution in [0.5, 0.6) is 5.75 Å². The van der Waals surface area contributed by atoms with Crippen LogP contribution in [0.25, 0.3) is 0 Å². The highest BCUT2D eigenvalue weighted by Gasteiger charge is 2.11. The lowest BCUT2D eigenvalue weighted by atomic mass is 10.1. The van der Waals surface area contributed by atoms with Gasteiger partial charge in [-0.2, -0.15) is 0 Å². The zero-order valence-corrected chi connectivity index (χ0v) is 11.2. The lowest BCUT2D eigenvalue weighted by molar-refractivity contribution is 0.102. The minimum Gasteiger partial charge on any atom is -0.480 e. The van der Waals surface area contributed by atoms with Gasteiger partial charge in [-0.25, -0.2) is 0 Å². The van der Waals surface area contributed by atoms with Crippen molar-refractivity contribution in [3.8, 4) is 18.1 Å². The molecule has 3 heteroatoms. The third-order valence-corrected chi connectivity index (χ3v) is 2.75. The molecule has 0 saturated heterocycles. The standard InChI is InChI=1S/C17H15NO2/c1-3-12-20-16-7-5-4-6-15(16)17(19)18-14-10-8-13(2)9-11-14/h1,4-11H,12H2,2H3,(H,18,19). The first-order chi connectivity index (χ1) is 9.70. The number of amides is 1. The van der Waals surface area contributed by atoms with E-state index in [1.165, 1.54) is 0 Å². The molecular formula is C17H15NO2. The number of nitrogens with one attached hydrogen (secondary N) is 1. The molecule has 100 valence electrons. The lowest BCUT2D eigenvalue weighted by Gasteiger charge is -2.10. The molecule has 0 fully saturated rings. The fourth-order valence-electron chi connectivity index (χ4n) is 1.73. The van der Waals surface area contributed by atoms with Crippen molar-refractivity contribution in [1.82, 2.24) is 0 Å². The Kier molecular flexibility index (Phi) is 4.41. The molecule has 2 aromatic rings. The maximum absolute atomic E-state index is 12.2. The summed E-state index contributed by atoms with van der Waals surface area (Å²) in [7, 11) is 0. The smallest absolute Gasteiger partial charge is 0.259 e. The molecule has 2 rings (SSSR count). The molecule has 1 amide bonds. The Labute approximate surface area is 118 Å². The number of hydrogen-bond donors (Lipinski definition) is 1. The first-order valence-electron chi connectivity index (χ1n) is 6.24. The number of para-hydroxylation sites is 1. The Morgan fingerprint density at radius 1 is 1.20 bits per heavy atom. The lowest BCUT2D eigenvalue weighted by Crippen LogP contribution is -2.13. The van der Waals surface area contributed by atoms with E-state index in [9.17, 15) is 4.79 Å². The van der Waals surface area contributed by atoms with Gasteiger partial charge >= 0.3 is 0 Å². The van der Waals surface area contributed by atoms with Gasteiger partial charge in [0.05, 0.1) is 5.56 Å². The molecule has 0 aliphatic carbocycles. The van der Waals surface area contributed by atoms with Crippen molar-refractivity contribution in [2.75, 3.05) is 11.9 Å². The summed E-state index contributed by atoms with van der Waals surface area (Å²) in [6, 6.07) is 14.6. The zero-order valence-electron chi connectivity index (χ0n) is 11.2. The highest BCUT2D eigenvalue weighted by atomic mass is 16.5. The first-order valence-corrected chi connectivity index (χ1v) is 6.24. The summed E-state index contributed by atoms with van der Waals surface area (Å²) in [4.78, 5) is 12.2. The Morgan fingerprint density at radius 2 is 1.90 bits per heavy atom. The molecule has 0 radical (unpaired) electrons. The third-order valence-electron chi connectivity index (χ3n) is 2.75. The van der Waals surface area contributed by atoms with E-state index in [4.69, 9.17) is 11.2 Å². The molecule has 0 aliphatic rings. The van der Waals surface area contributed by atoms with Gasteiger partial charge in [0, 0.05) is 5.69 Å². The largest absolute Gasteiger partial charge is 0.480 e. The molecule has 0 aliphatic heterocycles. The molecule has 2 aromatic carbocycles. The fourth-order valence-corrected chi connectivity index (χ4v) is 1.73. The van der Waals surface area contributed by atoms with Gasteiger partial charge in [0.1, 0.15) is 12.4 Å². The maximum atomic E-state index is 12.2. The normalized spacial score (nSPS) is 9.60. The Morgan fingerprint density at radius 3 is 2.60 bits per heavy atom. The molecule has 0 unspecified atom stereocenters. The van der Waals surface area contributed by atoms with Gasteiger partial charge in [-0.3, -0.25) is 4.79 Å². The molecule has 20 heavy (non-hydrogen) atoms. The highest BCUT2D eigenvalue weighted by Crippen LogP contribution is 2.19. The molecule has 1 N–H and O–H groups in total. The van der Waals surface area contributed by atoms with Gasteiger partial charge in [0.15, 0.2) is 0 Å². The molecule has 0 spiro atoms. The van der Waals surface area contributed by atoms with Crippen molar-refractivity contribution in [1.29, 1.82) is 0 Å². The Hall–Kier alpha value is -2.73. The highest BCUT2D eigenvalue weighted by molar-refractivity contribution is 6.06. The van der Waals surface area contributed by atoms with E-state index < -0.39 is 0 Å². The average Bonchev–Trinajstić information content (AvgIpc) is 2.47. The number of carbonyl (C=O) groups is 1. The molecule has 0 heterocycles. The van der Waals surface area contributed by atoms with E-state index >= 15 is 0 Å². The molecule has 0 saturated carbocycles. The van der Waals surface area contributed by atoms with Crippen LogP contribution in [0.1, 0.15) is 15.9 Å². The van der Waals surface area contributed by atoms with Crippen molar-refractivity contribution in [2.24, 2.45) is 0 Å². The van der Waals surface area contributed by atoms with Crippen LogP contribution in [-0.4, -0.2) is 12.5 Å². The molecule has 0 aromatic heterocycles. The van der Waals surface area contributed by atoms with Crippen LogP contribution < -0.4 is 10.1 Å². The molecule has 0 atom stereocenters. The van der Waals surface area contributed by atoms with Crippen molar-refractivity contribution in [2.45, 2.75) is 6.92 Å². The Balaban J connectivity index is 2.16. The number of aryl methyl sites for hydroxylation is 1. The molecular weight excluding hydrogens is 250 g/mol. The summed E-state index contributed by atoms with van der Waals surface area (Å²) in [5, 5.41) is 2.83. The van der Waals surface area contributed by atoms with Crippen LogP contribution in [0.3, 0.4) is 0 Å². The summed E-state index contributed by atoms with van der Waals surface area (Å²) in [6.45, 7) is 2.13. The minimum absolute atomic E-state index is 0.134. The average molecular weight is 265 g/mol. The van der Waals surface area contributed by atoms with Crippen molar-refractivity contribution in [3.63, 3.8) is 0 Å². The maximum Gasteiger partial charge on any atom is 0.259 e. The van der Waals surface area contributed by atoms with E-state index in [-0.39, 0.29) is 12.5 Å². The quantitative estimate of drug-likeness (QED) is 0.862. The van der Waals surface area contributed by atoms with Crippen LogP contribution in [-0.2, 0) is 0 Å². The van der Waals surface area contributed by atoms with Crippen LogP contribution >= 0.6 is 0 Å². The monoisotopic (exact) mass is 265 g/mol. The van der Waals surface area contributed by atoms with Gasteiger partial charge in [-0.05, 0) is 31.2 Å². The summed E-state index contributed by atoms with van der Waals surface area (Å²) >= 11 is 0. The summed E-state index contributed by atoms with van der Waals surface area (Å²) < 4.78 is 5.37. The van der Waals surface area contributed by atoms with Crippen LogP contribution in [0, 0.1) is 19.3 Å². The number of benzene rings is 2. The molecule has 3 nitrogen and oxygen atoms in total. The number of ether oxygens (including phenoxy) is 1. The van der Waals surface area contributed by atoms with Gasteiger partial charge in [0.25, 0.3) is 5.91 Å². The summed E-state index contributed by atoms with van der Waals surface area (Å²) in [5.41, 5.74) is 2.34. The first kappa shape index (κ1) is 13.7. The van der Waals surface area contributed by atoms with Crippen LogP contribution in [0.4, 0.5) is 5.69 Å². The van der Waals surface area contributed by atoms with Crippen LogP contribution in [0.15, 0.2) is 48.5 Å². The summed E-state index contributed by atoms with van der Waals surface area (Å²) in [5.74, 6) is 2.65. The second-order valence-corrected chi connectivity index (χ2v) is 4.31. The van der Waals surface area contributed by atoms with Gasteiger partial charge in [-0.15, -0.1) is 6.42 Å². The topological polar surface area (TPSA) is 38.3 Å². The van der Waals surface area contributed by atoms with Crippen molar-refractivity contribution in [3.05, 3.63) is 59.7 Å². The van der Waals surface area contributed by atoms with Crippen LogP contribution in [0.2, 0.25) is 0 Å². The number of terminal acetylenes is 1. The predicted octanol–water partition coefficient (Wildman–Crippen LogP) is 3.26. The number of rotatable bonds is 4. The fraction of sp³-hybridized carbons (Fsp3) is 0.118. The number of hydrogen-bond acceptors (Lipinski definition) is 2. The van der Waals surface area contributed by atoms with Crippen molar-refractivity contribution >= 4 is 11.6 Å². The summed E-state index contributed by atoms with van der Waals surface area (Å²) in [6.07, 6.45) is 5.16. The van der Waals surface area contributed by atoms with E-state index in [1.807, 2.05) is 31.2 Å². The van der Waals surface area contributed by atoms with Gasteiger partial charge in [0.2, 0.25) is 0 Å². The van der Waals surface area contributed by atoms with Crippen molar-refractivity contribution < 1.29 is 9.53 Å². The number of carbonyl (C=O) groups excluding carboxylic acids is 1. The predicted molar refractivity (Wildman–Crippen MR) is 79.9 cm³/mol. The van der Waals surface area contributed by atoms with Gasteiger partial charge < -0.3 is 10.1 Å². The second kappa shape index (κ2) is 6.44.